The van der Waals surface area contributed by atoms with Crippen LogP contribution in [0.15, 0.2) is 24.3 Å². The van der Waals surface area contributed by atoms with Gasteiger partial charge < -0.3 is 19.9 Å². The van der Waals surface area contributed by atoms with Crippen LogP contribution in [0.1, 0.15) is 48.3 Å². The predicted molar refractivity (Wildman–Crippen MR) is 121 cm³/mol. The molecule has 0 radical (unpaired) electrons. The van der Waals surface area contributed by atoms with Crippen LogP contribution in [0.4, 0.5) is 5.82 Å². The van der Waals surface area contributed by atoms with E-state index >= 15 is 0 Å². The number of likely N-dealkylation sites (N-methyl/N-ethyl adjacent to an activating group) is 1. The number of hydrogen-bond acceptors (Lipinski definition) is 6. The van der Waals surface area contributed by atoms with Gasteiger partial charge >= 0.3 is 0 Å². The highest BCUT2D eigenvalue weighted by Crippen LogP contribution is 2.29. The Morgan fingerprint density at radius 2 is 2.16 bits per heavy atom. The number of hydrogen-bond donors (Lipinski definition) is 1. The fourth-order valence-electron chi connectivity index (χ4n) is 4.52. The summed E-state index contributed by atoms with van der Waals surface area (Å²) >= 11 is 0. The zero-order chi connectivity index (χ0) is 21.8. The van der Waals surface area contributed by atoms with E-state index in [1.165, 1.54) is 11.1 Å². The fraction of sp³-hybridized carbons (Fsp3) is 0.542. The summed E-state index contributed by atoms with van der Waals surface area (Å²) in [6.07, 6.45) is 3.87. The molecule has 1 N–H and O–H groups in total. The van der Waals surface area contributed by atoms with Crippen molar-refractivity contribution in [2.24, 2.45) is 0 Å². The summed E-state index contributed by atoms with van der Waals surface area (Å²) in [5.41, 5.74) is 3.60. The third kappa shape index (κ3) is 5.15. The van der Waals surface area contributed by atoms with Gasteiger partial charge in [-0.05, 0) is 44.0 Å². The van der Waals surface area contributed by atoms with Crippen LogP contribution in [0.2, 0.25) is 0 Å². The Morgan fingerprint density at radius 1 is 1.29 bits per heavy atom. The van der Waals surface area contributed by atoms with Crippen LogP contribution in [-0.2, 0) is 24.2 Å². The number of nitrogens with one attached hydrogen (secondary N) is 1. The molecular formula is C24H33N5O2. The molecule has 1 fully saturated rings. The smallest absolute Gasteiger partial charge is 0.219 e. The van der Waals surface area contributed by atoms with Crippen LogP contribution in [0.3, 0.4) is 0 Å². The van der Waals surface area contributed by atoms with Crippen molar-refractivity contribution >= 4 is 11.7 Å². The fourth-order valence-corrected chi connectivity index (χ4v) is 4.52. The van der Waals surface area contributed by atoms with Crippen LogP contribution in [-0.4, -0.2) is 66.0 Å². The Kier molecular flexibility index (Phi) is 6.70. The van der Waals surface area contributed by atoms with E-state index < -0.39 is 0 Å². The van der Waals surface area contributed by atoms with Crippen molar-refractivity contribution in [1.82, 2.24) is 19.8 Å². The molecule has 7 nitrogen and oxygen atoms in total. The molecule has 2 aliphatic rings. The van der Waals surface area contributed by atoms with E-state index in [9.17, 15) is 4.79 Å². The molecule has 2 aliphatic heterocycles. The first-order chi connectivity index (χ1) is 15.0. The highest BCUT2D eigenvalue weighted by molar-refractivity contribution is 5.73. The third-order valence-corrected chi connectivity index (χ3v) is 6.34. The number of fused-ring (bicyclic) bond motifs is 1. The molecule has 1 atom stereocenters. The molecule has 1 amide bonds. The molecule has 0 aliphatic carbocycles. The molecule has 7 heteroatoms. The summed E-state index contributed by atoms with van der Waals surface area (Å²) in [6, 6.07) is 8.19. The molecule has 0 spiro atoms. The van der Waals surface area contributed by atoms with Crippen LogP contribution < -0.4 is 10.1 Å². The van der Waals surface area contributed by atoms with Gasteiger partial charge in [-0.25, -0.2) is 9.97 Å². The first-order valence-electron chi connectivity index (χ1n) is 11.2. The van der Waals surface area contributed by atoms with E-state index in [1.54, 1.807) is 14.0 Å². The van der Waals surface area contributed by atoms with Gasteiger partial charge in [0, 0.05) is 57.5 Å². The summed E-state index contributed by atoms with van der Waals surface area (Å²) < 4.78 is 5.34. The lowest BCUT2D eigenvalue weighted by molar-refractivity contribution is -0.130. The molecule has 1 aromatic carbocycles. The number of ether oxygens (including phenoxy) is 1. The van der Waals surface area contributed by atoms with E-state index in [4.69, 9.17) is 14.7 Å². The molecule has 3 heterocycles. The zero-order valence-electron chi connectivity index (χ0n) is 18.9. The van der Waals surface area contributed by atoms with Crippen LogP contribution in [0, 0.1) is 0 Å². The standard InChI is InChI=1S/C24H33N5O2/c1-17(30)29-12-5-7-19(15-29)23-26-22-10-13-28(2)16-21(22)24(27-23)25-11-9-18-6-4-8-20(14-18)31-3/h4,6,8,14,19H,5,7,9-13,15-16H2,1-3H3,(H,25,26,27)/t19-/m1/s1. The lowest BCUT2D eigenvalue weighted by Gasteiger charge is -2.32. The van der Waals surface area contributed by atoms with Crippen molar-refractivity contribution in [3.05, 3.63) is 46.9 Å². The van der Waals surface area contributed by atoms with Crippen LogP contribution in [0.25, 0.3) is 0 Å². The van der Waals surface area contributed by atoms with Gasteiger partial charge in [0.15, 0.2) is 0 Å². The summed E-state index contributed by atoms with van der Waals surface area (Å²) in [4.78, 5) is 26.1. The number of amides is 1. The molecule has 4 rings (SSSR count). The van der Waals surface area contributed by atoms with Gasteiger partial charge in [-0.1, -0.05) is 12.1 Å². The molecule has 0 unspecified atom stereocenters. The number of piperidine rings is 1. The Labute approximate surface area is 184 Å². The van der Waals surface area contributed by atoms with E-state index in [-0.39, 0.29) is 11.8 Å². The molecule has 0 saturated carbocycles. The normalized spacial score (nSPS) is 19.1. The van der Waals surface area contributed by atoms with Gasteiger partial charge in [-0.15, -0.1) is 0 Å². The predicted octanol–water partition coefficient (Wildman–Crippen LogP) is 2.85. The Morgan fingerprint density at radius 3 is 2.97 bits per heavy atom. The number of carbonyl (C=O) groups excluding carboxylic acids is 1. The topological polar surface area (TPSA) is 70.6 Å². The van der Waals surface area contributed by atoms with Crippen molar-refractivity contribution < 1.29 is 9.53 Å². The maximum atomic E-state index is 11.9. The summed E-state index contributed by atoms with van der Waals surface area (Å²) in [5, 5.41) is 3.59. The number of benzene rings is 1. The van der Waals surface area contributed by atoms with Crippen molar-refractivity contribution in [2.75, 3.05) is 45.7 Å². The highest BCUT2D eigenvalue weighted by atomic mass is 16.5. The SMILES string of the molecule is COc1cccc(CCNc2nc([C@@H]3CCCN(C(C)=O)C3)nc3c2CN(C)CC3)c1. The van der Waals surface area contributed by atoms with E-state index in [0.717, 1.165) is 81.5 Å². The quantitative estimate of drug-likeness (QED) is 0.771. The minimum absolute atomic E-state index is 0.140. The highest BCUT2D eigenvalue weighted by Gasteiger charge is 2.28. The number of methoxy groups -OCH3 is 1. The first kappa shape index (κ1) is 21.6. The van der Waals surface area contributed by atoms with E-state index in [1.807, 2.05) is 17.0 Å². The van der Waals surface area contributed by atoms with Gasteiger partial charge in [0.2, 0.25) is 5.91 Å². The van der Waals surface area contributed by atoms with E-state index in [0.29, 0.717) is 0 Å². The van der Waals surface area contributed by atoms with Crippen molar-refractivity contribution in [1.29, 1.82) is 0 Å². The average molecular weight is 424 g/mol. The molecule has 0 bridgehead atoms. The molecule has 1 aromatic heterocycles. The number of likely N-dealkylation sites (tertiary alicyclic amines) is 1. The molecule has 1 saturated heterocycles. The maximum absolute atomic E-state index is 11.9. The molecule has 2 aromatic rings. The summed E-state index contributed by atoms with van der Waals surface area (Å²) in [5.74, 6) is 3.07. The van der Waals surface area contributed by atoms with Crippen LogP contribution >= 0.6 is 0 Å². The van der Waals surface area contributed by atoms with Gasteiger partial charge in [0.05, 0.1) is 12.8 Å². The second kappa shape index (κ2) is 9.64. The Hall–Kier alpha value is -2.67. The number of rotatable bonds is 6. The lowest BCUT2D eigenvalue weighted by Crippen LogP contribution is -2.38. The second-order valence-electron chi connectivity index (χ2n) is 8.68. The number of anilines is 1. The first-order valence-corrected chi connectivity index (χ1v) is 11.2. The largest absolute Gasteiger partial charge is 0.497 e. The van der Waals surface area contributed by atoms with Crippen molar-refractivity contribution in [2.45, 2.75) is 45.1 Å². The van der Waals surface area contributed by atoms with Crippen molar-refractivity contribution in [3.63, 3.8) is 0 Å². The van der Waals surface area contributed by atoms with Gasteiger partial charge in [-0.3, -0.25) is 4.79 Å². The number of aromatic nitrogens is 2. The third-order valence-electron chi connectivity index (χ3n) is 6.34. The molecule has 31 heavy (non-hydrogen) atoms. The van der Waals surface area contributed by atoms with Crippen molar-refractivity contribution in [3.8, 4) is 5.75 Å². The number of nitrogens with zero attached hydrogens (tertiary/aromatic N) is 4. The zero-order valence-corrected chi connectivity index (χ0v) is 18.9. The van der Waals surface area contributed by atoms with Crippen LogP contribution in [0.5, 0.6) is 5.75 Å². The van der Waals surface area contributed by atoms with Gasteiger partial charge in [0.1, 0.15) is 17.4 Å². The minimum Gasteiger partial charge on any atom is -0.497 e. The monoisotopic (exact) mass is 423 g/mol. The van der Waals surface area contributed by atoms with E-state index in [2.05, 4.69) is 29.4 Å². The lowest BCUT2D eigenvalue weighted by atomic mass is 9.96. The minimum atomic E-state index is 0.140. The molecule has 166 valence electrons. The Bertz CT molecular complexity index is 932. The summed E-state index contributed by atoms with van der Waals surface area (Å²) in [6.45, 7) is 5.88. The number of carbonyl (C=O) groups is 1. The average Bonchev–Trinajstić information content (AvgIpc) is 2.79. The maximum Gasteiger partial charge on any atom is 0.219 e. The Balaban J connectivity index is 1.53. The summed E-state index contributed by atoms with van der Waals surface area (Å²) in [7, 11) is 3.84. The van der Waals surface area contributed by atoms with Gasteiger partial charge in [0.25, 0.3) is 0 Å². The molecular weight excluding hydrogens is 390 g/mol. The van der Waals surface area contributed by atoms with Gasteiger partial charge in [-0.2, -0.15) is 0 Å². The second-order valence-corrected chi connectivity index (χ2v) is 8.68.